The molecule has 1 heterocycles. The van der Waals surface area contributed by atoms with Gasteiger partial charge in [-0.25, -0.2) is 0 Å². The van der Waals surface area contributed by atoms with Gasteiger partial charge in [0.1, 0.15) is 11.0 Å². The van der Waals surface area contributed by atoms with E-state index in [0.717, 1.165) is 0 Å². The first kappa shape index (κ1) is 14.3. The van der Waals surface area contributed by atoms with Gasteiger partial charge in [-0.2, -0.15) is 0 Å². The number of hydrogen-bond acceptors (Lipinski definition) is 3. The van der Waals surface area contributed by atoms with Crippen LogP contribution < -0.4 is 0 Å². The summed E-state index contributed by atoms with van der Waals surface area (Å²) < 4.78 is 0. The van der Waals surface area contributed by atoms with Gasteiger partial charge in [0.25, 0.3) is 0 Å². The number of nitrogens with zero attached hydrogens (tertiary/aromatic N) is 2. The van der Waals surface area contributed by atoms with Gasteiger partial charge in [0.2, 0.25) is 0 Å². The summed E-state index contributed by atoms with van der Waals surface area (Å²) in [6.45, 7) is 0. The second-order valence-electron chi connectivity index (χ2n) is 5.87. The van der Waals surface area contributed by atoms with Crippen LogP contribution in [0.1, 0.15) is 24.0 Å². The maximum Gasteiger partial charge on any atom is 0.103 e. The molecule has 2 nitrogen and oxygen atoms in total. The average molecular weight is 318 g/mol. The molecule has 3 aromatic carbocycles. The lowest BCUT2D eigenvalue weighted by molar-refractivity contribution is 0.690. The molecule has 0 radical (unpaired) electrons. The maximum absolute atomic E-state index is 3.49. The number of rotatable bonds is 0. The van der Waals surface area contributed by atoms with Gasteiger partial charge >= 0.3 is 0 Å². The van der Waals surface area contributed by atoms with E-state index in [0.29, 0.717) is 0 Å². The van der Waals surface area contributed by atoms with E-state index in [1.165, 1.54) is 58.6 Å². The monoisotopic (exact) mass is 318 g/mol. The Balaban J connectivity index is 0.000000233. The van der Waals surface area contributed by atoms with Crippen molar-refractivity contribution < 1.29 is 0 Å². The predicted octanol–water partition coefficient (Wildman–Crippen LogP) is 5.41. The summed E-state index contributed by atoms with van der Waals surface area (Å²) in [5.74, 6) is 0. The van der Waals surface area contributed by atoms with E-state index in [1.54, 1.807) is 22.1 Å². The summed E-state index contributed by atoms with van der Waals surface area (Å²) in [5, 5.41) is 12.6. The molecule has 0 saturated heterocycles. The second kappa shape index (κ2) is 6.47. The van der Waals surface area contributed by atoms with Crippen LogP contribution >= 0.6 is 11.3 Å². The Hall–Kier alpha value is -2.26. The third-order valence-corrected chi connectivity index (χ3v) is 4.97. The number of aromatic nitrogens is 2. The molecule has 114 valence electrons. The minimum absolute atomic E-state index is 1.25. The van der Waals surface area contributed by atoms with E-state index < -0.39 is 0 Å². The molecule has 0 saturated carbocycles. The number of aryl methyl sites for hydroxylation is 2. The maximum atomic E-state index is 3.49. The zero-order chi connectivity index (χ0) is 15.5. The quantitative estimate of drug-likeness (QED) is 0.405. The zero-order valence-corrected chi connectivity index (χ0v) is 13.7. The highest BCUT2D eigenvalue weighted by Crippen LogP contribution is 2.33. The van der Waals surface area contributed by atoms with Crippen LogP contribution in [0.5, 0.6) is 0 Å². The van der Waals surface area contributed by atoms with Gasteiger partial charge in [-0.15, -0.1) is 21.5 Å². The fraction of sp³-hybridized carbons (Fsp3) is 0.200. The molecule has 0 fully saturated rings. The molecule has 0 spiro atoms. The van der Waals surface area contributed by atoms with Crippen molar-refractivity contribution in [2.45, 2.75) is 25.7 Å². The molecule has 3 heteroatoms. The summed E-state index contributed by atoms with van der Waals surface area (Å²) in [5.41, 5.74) is 6.54. The van der Waals surface area contributed by atoms with E-state index in [4.69, 9.17) is 0 Å². The van der Waals surface area contributed by atoms with E-state index in [1.807, 2.05) is 0 Å². The minimum atomic E-state index is 1.25. The highest BCUT2D eigenvalue weighted by atomic mass is 32.1. The molecule has 1 aromatic heterocycles. The van der Waals surface area contributed by atoms with Crippen molar-refractivity contribution >= 4 is 32.9 Å². The van der Waals surface area contributed by atoms with Gasteiger partial charge in [0, 0.05) is 0 Å². The third-order valence-electron chi connectivity index (χ3n) is 4.54. The van der Waals surface area contributed by atoms with Crippen LogP contribution in [0.25, 0.3) is 21.5 Å². The van der Waals surface area contributed by atoms with Crippen LogP contribution in [0, 0.1) is 0 Å². The van der Waals surface area contributed by atoms with Gasteiger partial charge in [-0.3, -0.25) is 0 Å². The summed E-state index contributed by atoms with van der Waals surface area (Å²) in [6.07, 6.45) is 5.22. The van der Waals surface area contributed by atoms with Gasteiger partial charge < -0.3 is 0 Å². The first-order valence-electron chi connectivity index (χ1n) is 8.04. The third kappa shape index (κ3) is 2.84. The Morgan fingerprint density at radius 2 is 1.48 bits per heavy atom. The van der Waals surface area contributed by atoms with Crippen molar-refractivity contribution in [3.05, 3.63) is 70.7 Å². The molecule has 5 rings (SSSR count). The standard InChI is InChI=1S/C18H16.C2H2N2S/c1-3-7-15-13(5-1)9-11-18-16-8-4-2-6-14(16)10-12-17(15)18;1-3-4-2-5-1/h1,3,5,7,9-12H,2,4,6,8H2;1-2H. The molecule has 4 aromatic rings. The first-order valence-corrected chi connectivity index (χ1v) is 8.99. The Kier molecular flexibility index (Phi) is 4.03. The van der Waals surface area contributed by atoms with Gasteiger partial charge in [0.05, 0.1) is 0 Å². The first-order chi connectivity index (χ1) is 11.4. The second-order valence-corrected chi connectivity index (χ2v) is 6.56. The van der Waals surface area contributed by atoms with Crippen molar-refractivity contribution in [2.24, 2.45) is 0 Å². The highest BCUT2D eigenvalue weighted by molar-refractivity contribution is 7.07. The van der Waals surface area contributed by atoms with Gasteiger partial charge in [0.15, 0.2) is 0 Å². The molecular weight excluding hydrogens is 300 g/mol. The SMILES string of the molecule is c1ccc2c(c1)ccc1c3c(ccc12)CCCC3.c1nncs1. The molecule has 0 N–H and O–H groups in total. The Morgan fingerprint density at radius 1 is 0.696 bits per heavy atom. The summed E-state index contributed by atoms with van der Waals surface area (Å²) in [7, 11) is 0. The smallest absolute Gasteiger partial charge is 0.103 e. The number of fused-ring (bicyclic) bond motifs is 5. The summed E-state index contributed by atoms with van der Waals surface area (Å²) in [6, 6.07) is 18.0. The molecule has 23 heavy (non-hydrogen) atoms. The lowest BCUT2D eigenvalue weighted by Crippen LogP contribution is -2.02. The largest absolute Gasteiger partial charge is 0.147 e. The molecule has 0 atom stereocenters. The molecule has 0 unspecified atom stereocenters. The van der Waals surface area contributed by atoms with Crippen LogP contribution in [0.4, 0.5) is 0 Å². The fourth-order valence-electron chi connectivity index (χ4n) is 3.48. The molecule has 0 amide bonds. The molecule has 1 aliphatic rings. The van der Waals surface area contributed by atoms with Crippen molar-refractivity contribution in [3.8, 4) is 0 Å². The van der Waals surface area contributed by atoms with Crippen LogP contribution in [0.2, 0.25) is 0 Å². The van der Waals surface area contributed by atoms with E-state index >= 15 is 0 Å². The van der Waals surface area contributed by atoms with Crippen LogP contribution in [-0.4, -0.2) is 10.2 Å². The summed E-state index contributed by atoms with van der Waals surface area (Å²) in [4.78, 5) is 0. The lowest BCUT2D eigenvalue weighted by atomic mass is 9.86. The molecule has 1 aliphatic carbocycles. The highest BCUT2D eigenvalue weighted by Gasteiger charge is 2.13. The Labute approximate surface area is 139 Å². The average Bonchev–Trinajstić information content (AvgIpc) is 3.21. The number of hydrogen-bond donors (Lipinski definition) is 0. The number of benzene rings is 3. The van der Waals surface area contributed by atoms with Crippen LogP contribution in [-0.2, 0) is 12.8 Å². The van der Waals surface area contributed by atoms with Gasteiger partial charge in [-0.1, -0.05) is 48.5 Å². The van der Waals surface area contributed by atoms with E-state index in [9.17, 15) is 0 Å². The Morgan fingerprint density at radius 3 is 2.30 bits per heavy atom. The predicted molar refractivity (Wildman–Crippen MR) is 98.0 cm³/mol. The molecule has 0 bridgehead atoms. The van der Waals surface area contributed by atoms with E-state index in [-0.39, 0.29) is 0 Å². The lowest BCUT2D eigenvalue weighted by Gasteiger charge is -2.18. The van der Waals surface area contributed by atoms with E-state index in [2.05, 4.69) is 58.7 Å². The van der Waals surface area contributed by atoms with Crippen LogP contribution in [0.15, 0.2) is 59.6 Å². The summed E-state index contributed by atoms with van der Waals surface area (Å²) >= 11 is 1.49. The topological polar surface area (TPSA) is 25.8 Å². The fourth-order valence-corrected chi connectivity index (χ4v) is 3.75. The minimum Gasteiger partial charge on any atom is -0.147 e. The van der Waals surface area contributed by atoms with Crippen LogP contribution in [0.3, 0.4) is 0 Å². The van der Waals surface area contributed by atoms with Gasteiger partial charge in [-0.05, 0) is 58.4 Å². The van der Waals surface area contributed by atoms with Crippen molar-refractivity contribution in [1.29, 1.82) is 0 Å². The normalized spacial score (nSPS) is 13.4. The molecule has 0 aliphatic heterocycles. The van der Waals surface area contributed by atoms with Crippen molar-refractivity contribution in [2.75, 3.05) is 0 Å². The van der Waals surface area contributed by atoms with Crippen molar-refractivity contribution in [1.82, 2.24) is 10.2 Å². The van der Waals surface area contributed by atoms with Crippen molar-refractivity contribution in [3.63, 3.8) is 0 Å². The molecular formula is C20H18N2S. The zero-order valence-electron chi connectivity index (χ0n) is 12.9. The Bertz CT molecular complexity index is 912.